The van der Waals surface area contributed by atoms with E-state index >= 15 is 0 Å². The van der Waals surface area contributed by atoms with Gasteiger partial charge in [-0.1, -0.05) is 50.5 Å². The fraction of sp³-hybridized carbons (Fsp3) is 0.750. The Morgan fingerprint density at radius 1 is 1.38 bits per heavy atom. The smallest absolute Gasteiger partial charge is 0.306 e. The molecule has 0 aromatic rings. The van der Waals surface area contributed by atoms with Crippen molar-refractivity contribution in [3.63, 3.8) is 0 Å². The van der Waals surface area contributed by atoms with E-state index in [1.165, 1.54) is 0 Å². The van der Waals surface area contributed by atoms with E-state index in [0.717, 1.165) is 44.9 Å². The van der Waals surface area contributed by atoms with Crippen molar-refractivity contribution in [1.82, 2.24) is 0 Å². The topological polar surface area (TPSA) is 66.8 Å². The van der Waals surface area contributed by atoms with Gasteiger partial charge in [0.1, 0.15) is 6.10 Å². The number of carbonyl (C=O) groups excluding carboxylic acids is 1. The first-order chi connectivity index (χ1) is 11.6. The number of hydrogen-bond donors (Lipinski definition) is 2. The SMILES string of the molecule is CCCCC[C@H](O)/C=C/[C@@H]1[C@H]2C/C=C/CCCC(=O)O[C@H]2C[C@H]1O. The maximum atomic E-state index is 11.9. The number of allylic oxidation sites excluding steroid dienone is 2. The highest BCUT2D eigenvalue weighted by Crippen LogP contribution is 2.38. The first kappa shape index (κ1) is 19.2. The van der Waals surface area contributed by atoms with Crippen LogP contribution in [0.2, 0.25) is 0 Å². The minimum Gasteiger partial charge on any atom is -0.462 e. The molecule has 4 nitrogen and oxygen atoms in total. The molecule has 0 aromatic heterocycles. The largest absolute Gasteiger partial charge is 0.462 e. The number of esters is 1. The predicted octanol–water partition coefficient (Wildman–Crippen LogP) is 3.52. The summed E-state index contributed by atoms with van der Waals surface area (Å²) >= 11 is 0. The zero-order valence-corrected chi connectivity index (χ0v) is 14.8. The van der Waals surface area contributed by atoms with E-state index in [4.69, 9.17) is 4.74 Å². The number of unbranched alkanes of at least 4 members (excludes halogenated alkanes) is 2. The molecule has 2 rings (SSSR count). The third-order valence-electron chi connectivity index (χ3n) is 5.16. The van der Waals surface area contributed by atoms with Gasteiger partial charge in [-0.05, 0) is 25.7 Å². The van der Waals surface area contributed by atoms with Crippen molar-refractivity contribution >= 4 is 5.97 Å². The van der Waals surface area contributed by atoms with Crippen molar-refractivity contribution in [3.8, 4) is 0 Å². The van der Waals surface area contributed by atoms with Crippen LogP contribution in [0.4, 0.5) is 0 Å². The van der Waals surface area contributed by atoms with Crippen LogP contribution in [0.3, 0.4) is 0 Å². The van der Waals surface area contributed by atoms with Gasteiger partial charge >= 0.3 is 5.97 Å². The van der Waals surface area contributed by atoms with Crippen molar-refractivity contribution in [2.24, 2.45) is 11.8 Å². The molecule has 0 saturated heterocycles. The van der Waals surface area contributed by atoms with Gasteiger partial charge in [0, 0.05) is 24.7 Å². The predicted molar refractivity (Wildman–Crippen MR) is 94.4 cm³/mol. The van der Waals surface area contributed by atoms with Gasteiger partial charge in [-0.15, -0.1) is 0 Å². The summed E-state index contributed by atoms with van der Waals surface area (Å²) in [6.07, 6.45) is 14.3. The van der Waals surface area contributed by atoms with Crippen LogP contribution in [-0.2, 0) is 9.53 Å². The van der Waals surface area contributed by atoms with Crippen LogP contribution in [0, 0.1) is 11.8 Å². The monoisotopic (exact) mass is 336 g/mol. The van der Waals surface area contributed by atoms with Crippen LogP contribution in [0.5, 0.6) is 0 Å². The Morgan fingerprint density at radius 3 is 3.00 bits per heavy atom. The number of fused-ring (bicyclic) bond motifs is 1. The van der Waals surface area contributed by atoms with Gasteiger partial charge in [-0.2, -0.15) is 0 Å². The summed E-state index contributed by atoms with van der Waals surface area (Å²) in [5, 5.41) is 20.5. The lowest BCUT2D eigenvalue weighted by Gasteiger charge is -2.23. The normalized spacial score (nSPS) is 33.9. The molecule has 1 fully saturated rings. The second kappa shape index (κ2) is 10.00. The van der Waals surface area contributed by atoms with Crippen molar-refractivity contribution in [2.75, 3.05) is 0 Å². The quantitative estimate of drug-likeness (QED) is 0.442. The maximum Gasteiger partial charge on any atom is 0.306 e. The minimum atomic E-state index is -0.513. The molecule has 136 valence electrons. The lowest BCUT2D eigenvalue weighted by Crippen LogP contribution is -2.25. The van der Waals surface area contributed by atoms with E-state index in [9.17, 15) is 15.0 Å². The van der Waals surface area contributed by atoms with Gasteiger partial charge in [0.15, 0.2) is 0 Å². The van der Waals surface area contributed by atoms with Crippen molar-refractivity contribution in [1.29, 1.82) is 0 Å². The van der Waals surface area contributed by atoms with E-state index in [1.807, 2.05) is 12.2 Å². The van der Waals surface area contributed by atoms with E-state index in [1.54, 1.807) is 0 Å². The van der Waals surface area contributed by atoms with Crippen LogP contribution in [0.15, 0.2) is 24.3 Å². The van der Waals surface area contributed by atoms with E-state index in [2.05, 4.69) is 19.1 Å². The number of carbonyl (C=O) groups is 1. The number of aliphatic hydroxyl groups is 2. The third kappa shape index (κ3) is 5.75. The highest BCUT2D eigenvalue weighted by Gasteiger charge is 2.42. The Balaban J connectivity index is 1.99. The molecule has 1 heterocycles. The van der Waals surface area contributed by atoms with E-state index < -0.39 is 12.2 Å². The van der Waals surface area contributed by atoms with Gasteiger partial charge in [-0.3, -0.25) is 4.79 Å². The number of hydrogen-bond acceptors (Lipinski definition) is 4. The summed E-state index contributed by atoms with van der Waals surface area (Å²) in [4.78, 5) is 11.9. The Labute approximate surface area is 145 Å². The highest BCUT2D eigenvalue weighted by molar-refractivity contribution is 5.69. The standard InChI is InChI=1S/C20H32O4/c1-2-3-6-9-15(21)12-13-16-17-10-7-4-5-8-11-20(23)24-19(17)14-18(16)22/h4,7,12-13,15-19,21-22H,2-3,5-6,8-11,14H2,1H3/b7-4+,13-12+/t15-,16+,17+,18+,19-/m0/s1. The number of rotatable bonds is 6. The molecule has 1 aliphatic heterocycles. The summed E-state index contributed by atoms with van der Waals surface area (Å²) in [5.41, 5.74) is 0. The summed E-state index contributed by atoms with van der Waals surface area (Å²) < 4.78 is 5.61. The average Bonchev–Trinajstić information content (AvgIpc) is 2.84. The molecule has 4 heteroatoms. The lowest BCUT2D eigenvalue weighted by molar-refractivity contribution is -0.151. The lowest BCUT2D eigenvalue weighted by atomic mass is 9.89. The first-order valence-electron chi connectivity index (χ1n) is 9.50. The van der Waals surface area contributed by atoms with Gasteiger partial charge in [0.05, 0.1) is 12.2 Å². The zero-order chi connectivity index (χ0) is 17.4. The van der Waals surface area contributed by atoms with E-state index in [-0.39, 0.29) is 23.9 Å². The molecular weight excluding hydrogens is 304 g/mol. The average molecular weight is 336 g/mol. The fourth-order valence-electron chi connectivity index (χ4n) is 3.74. The molecule has 0 bridgehead atoms. The third-order valence-corrected chi connectivity index (χ3v) is 5.16. The zero-order valence-electron chi connectivity index (χ0n) is 14.8. The molecule has 2 N–H and O–H groups in total. The Morgan fingerprint density at radius 2 is 2.21 bits per heavy atom. The minimum absolute atomic E-state index is 0.0623. The van der Waals surface area contributed by atoms with Gasteiger partial charge < -0.3 is 14.9 Å². The van der Waals surface area contributed by atoms with Gasteiger partial charge in [-0.25, -0.2) is 0 Å². The second-order valence-corrected chi connectivity index (χ2v) is 7.12. The fourth-order valence-corrected chi connectivity index (χ4v) is 3.74. The molecule has 0 spiro atoms. The Bertz CT molecular complexity index is 443. The molecule has 0 aromatic carbocycles. The van der Waals surface area contributed by atoms with Crippen molar-refractivity contribution in [2.45, 2.75) is 83.0 Å². The maximum absolute atomic E-state index is 11.9. The van der Waals surface area contributed by atoms with Crippen LogP contribution >= 0.6 is 0 Å². The molecule has 1 aliphatic carbocycles. The molecule has 0 amide bonds. The van der Waals surface area contributed by atoms with Gasteiger partial charge in [0.25, 0.3) is 0 Å². The van der Waals surface area contributed by atoms with Crippen molar-refractivity contribution < 1.29 is 19.7 Å². The summed E-state index contributed by atoms with van der Waals surface area (Å²) in [7, 11) is 0. The first-order valence-corrected chi connectivity index (χ1v) is 9.50. The van der Waals surface area contributed by atoms with Gasteiger partial charge in [0.2, 0.25) is 0 Å². The number of ether oxygens (including phenoxy) is 1. The van der Waals surface area contributed by atoms with Crippen LogP contribution in [0.1, 0.15) is 64.7 Å². The molecule has 0 radical (unpaired) electrons. The summed E-state index contributed by atoms with van der Waals surface area (Å²) in [6.45, 7) is 2.14. The molecule has 1 saturated carbocycles. The summed E-state index contributed by atoms with van der Waals surface area (Å²) in [5.74, 6) is -0.123. The van der Waals surface area contributed by atoms with Crippen LogP contribution in [0.25, 0.3) is 0 Å². The van der Waals surface area contributed by atoms with Crippen LogP contribution < -0.4 is 0 Å². The second-order valence-electron chi connectivity index (χ2n) is 7.12. The highest BCUT2D eigenvalue weighted by atomic mass is 16.5. The molecule has 0 unspecified atom stereocenters. The molecule has 5 atom stereocenters. The van der Waals surface area contributed by atoms with Crippen molar-refractivity contribution in [3.05, 3.63) is 24.3 Å². The Kier molecular flexibility index (Phi) is 8.00. The molecule has 2 aliphatic rings. The van der Waals surface area contributed by atoms with E-state index in [0.29, 0.717) is 12.8 Å². The molecule has 24 heavy (non-hydrogen) atoms. The summed E-state index contributed by atoms with van der Waals surface area (Å²) in [6, 6.07) is 0. The van der Waals surface area contributed by atoms with Crippen LogP contribution in [-0.4, -0.2) is 34.5 Å². The Hall–Kier alpha value is -1.13. The molecular formula is C20H32O4. The number of aliphatic hydroxyl groups excluding tert-OH is 2.